The Morgan fingerprint density at radius 3 is 2.64 bits per heavy atom. The van der Waals surface area contributed by atoms with Gasteiger partial charge in [-0.05, 0) is 36.8 Å². The van der Waals surface area contributed by atoms with Gasteiger partial charge in [0.25, 0.3) is 11.7 Å². The van der Waals surface area contributed by atoms with E-state index in [-0.39, 0.29) is 5.91 Å². The fourth-order valence-corrected chi connectivity index (χ4v) is 3.61. The standard InChI is InChI=1S/C19H18BrNO4/c20-14-7-8-17-16(13-14)19(24-11-12-25-19)18(22)21(17)9-4-10-23-15-5-2-1-3-6-15/h1-3,5-8,13H,4,9-12H2. The van der Waals surface area contributed by atoms with E-state index in [1.54, 1.807) is 4.90 Å². The lowest BCUT2D eigenvalue weighted by Gasteiger charge is -2.22. The molecule has 0 radical (unpaired) electrons. The minimum absolute atomic E-state index is 0.155. The van der Waals surface area contributed by atoms with Gasteiger partial charge >= 0.3 is 0 Å². The predicted molar refractivity (Wildman–Crippen MR) is 96.6 cm³/mol. The van der Waals surface area contributed by atoms with Gasteiger partial charge in [0.2, 0.25) is 0 Å². The molecule has 6 heteroatoms. The molecule has 2 heterocycles. The smallest absolute Gasteiger partial charge is 0.292 e. The molecule has 2 aromatic carbocycles. The predicted octanol–water partition coefficient (Wildman–Crippen LogP) is 3.46. The first-order chi connectivity index (χ1) is 12.2. The quantitative estimate of drug-likeness (QED) is 0.717. The van der Waals surface area contributed by atoms with Crippen LogP contribution in [0.15, 0.2) is 53.0 Å². The lowest BCUT2D eigenvalue weighted by molar-refractivity contribution is -0.180. The van der Waals surface area contributed by atoms with Crippen LogP contribution >= 0.6 is 15.9 Å². The second-order valence-corrected chi connectivity index (χ2v) is 6.86. The Morgan fingerprint density at radius 2 is 1.88 bits per heavy atom. The molecule has 1 spiro atoms. The van der Waals surface area contributed by atoms with Crippen molar-refractivity contribution in [3.8, 4) is 5.75 Å². The van der Waals surface area contributed by atoms with Gasteiger partial charge in [0, 0.05) is 16.6 Å². The molecular formula is C19H18BrNO4. The molecule has 25 heavy (non-hydrogen) atoms. The number of rotatable bonds is 5. The van der Waals surface area contributed by atoms with E-state index in [0.29, 0.717) is 32.8 Å². The summed E-state index contributed by atoms with van der Waals surface area (Å²) in [6, 6.07) is 15.4. The Hall–Kier alpha value is -1.89. The number of carbonyl (C=O) groups is 1. The molecule has 130 valence electrons. The van der Waals surface area contributed by atoms with E-state index in [1.807, 2.05) is 48.5 Å². The van der Waals surface area contributed by atoms with Gasteiger partial charge in [-0.15, -0.1) is 0 Å². The third-order valence-corrected chi connectivity index (χ3v) is 4.86. The maximum absolute atomic E-state index is 13.0. The highest BCUT2D eigenvalue weighted by atomic mass is 79.9. The monoisotopic (exact) mass is 403 g/mol. The van der Waals surface area contributed by atoms with E-state index in [4.69, 9.17) is 14.2 Å². The van der Waals surface area contributed by atoms with Crippen LogP contribution in [0.25, 0.3) is 0 Å². The van der Waals surface area contributed by atoms with Crippen molar-refractivity contribution in [2.24, 2.45) is 0 Å². The van der Waals surface area contributed by atoms with Crippen molar-refractivity contribution in [2.45, 2.75) is 12.2 Å². The van der Waals surface area contributed by atoms with Crippen LogP contribution in [-0.2, 0) is 20.1 Å². The fourth-order valence-electron chi connectivity index (χ4n) is 3.25. The molecule has 0 unspecified atom stereocenters. The van der Waals surface area contributed by atoms with Crippen LogP contribution in [0.4, 0.5) is 5.69 Å². The molecule has 0 aromatic heterocycles. The summed E-state index contributed by atoms with van der Waals surface area (Å²) in [4.78, 5) is 14.7. The Bertz CT molecular complexity index is 774. The molecule has 4 rings (SSSR count). The second-order valence-electron chi connectivity index (χ2n) is 5.95. The van der Waals surface area contributed by atoms with Gasteiger partial charge < -0.3 is 19.1 Å². The number of hydrogen-bond acceptors (Lipinski definition) is 4. The summed E-state index contributed by atoms with van der Waals surface area (Å²) in [5, 5.41) is 0. The number of anilines is 1. The summed E-state index contributed by atoms with van der Waals surface area (Å²) < 4.78 is 18.1. The SMILES string of the molecule is O=C1N(CCCOc2ccccc2)c2ccc(Br)cc2C12OCCO2. The third-order valence-electron chi connectivity index (χ3n) is 4.36. The van der Waals surface area contributed by atoms with E-state index in [9.17, 15) is 4.79 Å². The first-order valence-electron chi connectivity index (χ1n) is 8.28. The highest BCUT2D eigenvalue weighted by molar-refractivity contribution is 9.10. The van der Waals surface area contributed by atoms with Crippen molar-refractivity contribution in [3.63, 3.8) is 0 Å². The van der Waals surface area contributed by atoms with Crippen molar-refractivity contribution in [1.29, 1.82) is 0 Å². The van der Waals surface area contributed by atoms with E-state index >= 15 is 0 Å². The van der Waals surface area contributed by atoms with Gasteiger partial charge in [0.15, 0.2) is 0 Å². The van der Waals surface area contributed by atoms with Crippen molar-refractivity contribution in [2.75, 3.05) is 31.3 Å². The minimum Gasteiger partial charge on any atom is -0.494 e. The maximum Gasteiger partial charge on any atom is 0.292 e. The first kappa shape index (κ1) is 16.6. The van der Waals surface area contributed by atoms with Crippen molar-refractivity contribution in [1.82, 2.24) is 0 Å². The number of benzene rings is 2. The van der Waals surface area contributed by atoms with Crippen LogP contribution in [0.1, 0.15) is 12.0 Å². The largest absolute Gasteiger partial charge is 0.494 e. The molecule has 1 fully saturated rings. The number of halogens is 1. The number of ether oxygens (including phenoxy) is 3. The molecule has 2 aliphatic rings. The Balaban J connectivity index is 1.48. The van der Waals surface area contributed by atoms with Crippen LogP contribution < -0.4 is 9.64 Å². The molecule has 2 aromatic rings. The molecule has 0 aliphatic carbocycles. The van der Waals surface area contributed by atoms with Crippen LogP contribution in [0, 0.1) is 0 Å². The van der Waals surface area contributed by atoms with Gasteiger partial charge in [0.1, 0.15) is 5.75 Å². The van der Waals surface area contributed by atoms with E-state index in [2.05, 4.69) is 15.9 Å². The molecule has 0 bridgehead atoms. The molecule has 1 saturated heterocycles. The Kier molecular flexibility index (Phi) is 4.50. The average molecular weight is 404 g/mol. The maximum atomic E-state index is 13.0. The van der Waals surface area contributed by atoms with Crippen molar-refractivity contribution < 1.29 is 19.0 Å². The molecule has 0 atom stereocenters. The lowest BCUT2D eigenvalue weighted by atomic mass is 10.1. The molecule has 0 saturated carbocycles. The van der Waals surface area contributed by atoms with Gasteiger partial charge in [-0.25, -0.2) is 0 Å². The molecular weight excluding hydrogens is 386 g/mol. The summed E-state index contributed by atoms with van der Waals surface area (Å²) in [6.45, 7) is 1.93. The normalized spacial score (nSPS) is 18.0. The van der Waals surface area contributed by atoms with Crippen molar-refractivity contribution in [3.05, 3.63) is 58.6 Å². The average Bonchev–Trinajstić information content (AvgIpc) is 3.20. The zero-order valence-corrected chi connectivity index (χ0v) is 15.2. The number of hydrogen-bond donors (Lipinski definition) is 0. The molecule has 2 aliphatic heterocycles. The summed E-state index contributed by atoms with van der Waals surface area (Å²) in [5.74, 6) is -0.601. The van der Waals surface area contributed by atoms with E-state index < -0.39 is 5.79 Å². The summed E-state index contributed by atoms with van der Waals surface area (Å²) in [6.07, 6.45) is 0.715. The third kappa shape index (κ3) is 2.94. The topological polar surface area (TPSA) is 48.0 Å². The zero-order valence-electron chi connectivity index (χ0n) is 13.6. The van der Waals surface area contributed by atoms with Crippen LogP contribution in [0.5, 0.6) is 5.75 Å². The highest BCUT2D eigenvalue weighted by Gasteiger charge is 2.55. The van der Waals surface area contributed by atoms with Gasteiger partial charge in [-0.2, -0.15) is 0 Å². The lowest BCUT2D eigenvalue weighted by Crippen LogP contribution is -2.41. The van der Waals surface area contributed by atoms with E-state index in [0.717, 1.165) is 21.5 Å². The minimum atomic E-state index is -1.28. The van der Waals surface area contributed by atoms with Crippen LogP contribution in [0.2, 0.25) is 0 Å². The number of para-hydroxylation sites is 1. The zero-order chi connectivity index (χ0) is 17.3. The van der Waals surface area contributed by atoms with Crippen LogP contribution in [0.3, 0.4) is 0 Å². The summed E-state index contributed by atoms with van der Waals surface area (Å²) in [5.41, 5.74) is 1.61. The van der Waals surface area contributed by atoms with E-state index in [1.165, 1.54) is 0 Å². The molecule has 5 nitrogen and oxygen atoms in total. The summed E-state index contributed by atoms with van der Waals surface area (Å²) >= 11 is 3.46. The summed E-state index contributed by atoms with van der Waals surface area (Å²) in [7, 11) is 0. The highest BCUT2D eigenvalue weighted by Crippen LogP contribution is 2.46. The molecule has 1 amide bonds. The van der Waals surface area contributed by atoms with Crippen molar-refractivity contribution >= 4 is 27.5 Å². The van der Waals surface area contributed by atoms with Gasteiger partial charge in [-0.1, -0.05) is 34.1 Å². The number of carbonyl (C=O) groups excluding carboxylic acids is 1. The first-order valence-corrected chi connectivity index (χ1v) is 9.08. The Morgan fingerprint density at radius 1 is 1.12 bits per heavy atom. The van der Waals surface area contributed by atoms with Gasteiger partial charge in [-0.3, -0.25) is 4.79 Å². The Labute approximate surface area is 154 Å². The van der Waals surface area contributed by atoms with Gasteiger partial charge in [0.05, 0.1) is 25.5 Å². The molecule has 0 N–H and O–H groups in total. The number of fused-ring (bicyclic) bond motifs is 2. The van der Waals surface area contributed by atoms with Crippen LogP contribution in [-0.4, -0.2) is 32.3 Å². The fraction of sp³-hybridized carbons (Fsp3) is 0.316. The second kappa shape index (κ2) is 6.78. The number of amides is 1. The number of nitrogens with zero attached hydrogens (tertiary/aromatic N) is 1.